The van der Waals surface area contributed by atoms with Crippen LogP contribution in [0, 0.1) is 0 Å². The minimum atomic E-state index is 0.892. The summed E-state index contributed by atoms with van der Waals surface area (Å²) in [6.45, 7) is 6.29. The number of allylic oxidation sites excluding steroid dienone is 1. The van der Waals surface area contributed by atoms with Crippen molar-refractivity contribution in [1.82, 2.24) is 14.1 Å². The molecule has 0 N–H and O–H groups in total. The molecule has 8 rings (SSSR count). The van der Waals surface area contributed by atoms with Gasteiger partial charge in [0.2, 0.25) is 0 Å². The fraction of sp³-hybridized carbons (Fsp3) is 0.0263. The van der Waals surface area contributed by atoms with Gasteiger partial charge in [-0.05, 0) is 48.9 Å². The molecule has 0 unspecified atom stereocenters. The molecular weight excluding hydrogens is 498 g/mol. The van der Waals surface area contributed by atoms with E-state index >= 15 is 0 Å². The molecule has 0 radical (unpaired) electrons. The highest BCUT2D eigenvalue weighted by Gasteiger charge is 2.21. The van der Waals surface area contributed by atoms with Gasteiger partial charge in [0.25, 0.3) is 0 Å². The fourth-order valence-electron chi connectivity index (χ4n) is 6.23. The summed E-state index contributed by atoms with van der Waals surface area (Å²) in [6, 6.07) is 47.5. The van der Waals surface area contributed by atoms with Crippen LogP contribution in [0.3, 0.4) is 0 Å². The van der Waals surface area contributed by atoms with Gasteiger partial charge in [0.05, 0.1) is 39.1 Å². The highest BCUT2D eigenvalue weighted by atomic mass is 15.0. The van der Waals surface area contributed by atoms with Gasteiger partial charge < -0.3 is 9.13 Å². The van der Waals surface area contributed by atoms with Gasteiger partial charge in [-0.3, -0.25) is 0 Å². The van der Waals surface area contributed by atoms with E-state index in [9.17, 15) is 0 Å². The van der Waals surface area contributed by atoms with Gasteiger partial charge in [-0.2, -0.15) is 0 Å². The average Bonchev–Trinajstić information content (AvgIpc) is 3.55. The first-order valence-electron chi connectivity index (χ1n) is 13.9. The van der Waals surface area contributed by atoms with E-state index in [1.165, 1.54) is 38.1 Å². The Labute approximate surface area is 238 Å². The molecule has 0 atom stereocenters. The van der Waals surface area contributed by atoms with Crippen LogP contribution in [0.5, 0.6) is 0 Å². The number of para-hydroxylation sites is 3. The number of aromatic nitrogens is 3. The predicted octanol–water partition coefficient (Wildman–Crippen LogP) is 9.98. The molecule has 0 spiro atoms. The maximum Gasteiger partial charge on any atom is 0.0788 e. The summed E-state index contributed by atoms with van der Waals surface area (Å²) in [5.41, 5.74) is 10.8. The Morgan fingerprint density at radius 2 is 1.05 bits per heavy atom. The summed E-state index contributed by atoms with van der Waals surface area (Å²) >= 11 is 0. The van der Waals surface area contributed by atoms with Crippen LogP contribution in [0.25, 0.3) is 71.8 Å². The van der Waals surface area contributed by atoms with Gasteiger partial charge in [-0.1, -0.05) is 104 Å². The lowest BCUT2D eigenvalue weighted by Crippen LogP contribution is -2.01. The Kier molecular flexibility index (Phi) is 5.19. The quantitative estimate of drug-likeness (QED) is 0.224. The number of nitrogens with zero attached hydrogens (tertiary/aromatic N) is 3. The van der Waals surface area contributed by atoms with Gasteiger partial charge >= 0.3 is 0 Å². The first kappa shape index (κ1) is 23.5. The third kappa shape index (κ3) is 3.56. The standard InChI is InChI=1S/C38H27N3/c1-25(2)33-23-28(24-34(39-33)26-13-5-3-6-14-26)41-36-20-12-10-18-30(36)32-22-21-31-29-17-9-11-19-35(29)40(37(31)38(32)41)27-15-7-4-8-16-27/h3-24H,1H2,2H3. The van der Waals surface area contributed by atoms with Gasteiger partial charge in [-0.25, -0.2) is 4.98 Å². The molecule has 0 bridgehead atoms. The number of hydrogen-bond donors (Lipinski definition) is 0. The summed E-state index contributed by atoms with van der Waals surface area (Å²) in [5, 5.41) is 4.93. The van der Waals surface area contributed by atoms with Crippen LogP contribution >= 0.6 is 0 Å². The largest absolute Gasteiger partial charge is 0.307 e. The second kappa shape index (κ2) is 9.07. The minimum absolute atomic E-state index is 0.892. The van der Waals surface area contributed by atoms with Crippen LogP contribution in [0.15, 0.2) is 140 Å². The highest BCUT2D eigenvalue weighted by Crippen LogP contribution is 2.42. The van der Waals surface area contributed by atoms with E-state index in [2.05, 4.69) is 143 Å². The third-order valence-electron chi connectivity index (χ3n) is 8.06. The van der Waals surface area contributed by atoms with Crippen molar-refractivity contribution >= 4 is 49.2 Å². The smallest absolute Gasteiger partial charge is 0.0788 e. The zero-order valence-electron chi connectivity index (χ0n) is 22.8. The molecule has 0 amide bonds. The maximum absolute atomic E-state index is 5.02. The van der Waals surface area contributed by atoms with Crippen molar-refractivity contribution < 1.29 is 0 Å². The monoisotopic (exact) mass is 525 g/mol. The molecule has 3 aromatic heterocycles. The zero-order chi connectivity index (χ0) is 27.5. The SMILES string of the molecule is C=C(C)c1cc(-n2c3ccccc3c3ccc4c5ccccc5n(-c5ccccc5)c4c32)cc(-c2ccccc2)n1. The summed E-state index contributed by atoms with van der Waals surface area (Å²) in [6.07, 6.45) is 0. The topological polar surface area (TPSA) is 22.8 Å². The van der Waals surface area contributed by atoms with E-state index in [4.69, 9.17) is 4.98 Å². The first-order chi connectivity index (χ1) is 20.2. The van der Waals surface area contributed by atoms with Crippen molar-refractivity contribution in [2.24, 2.45) is 0 Å². The van der Waals surface area contributed by atoms with Gasteiger partial charge in [0, 0.05) is 32.8 Å². The summed E-state index contributed by atoms with van der Waals surface area (Å²) in [4.78, 5) is 5.02. The Balaban J connectivity index is 1.59. The lowest BCUT2D eigenvalue weighted by molar-refractivity contribution is 1.13. The highest BCUT2D eigenvalue weighted by molar-refractivity contribution is 6.23. The van der Waals surface area contributed by atoms with Crippen molar-refractivity contribution in [2.75, 3.05) is 0 Å². The van der Waals surface area contributed by atoms with Crippen molar-refractivity contribution in [2.45, 2.75) is 6.92 Å². The number of rotatable bonds is 4. The van der Waals surface area contributed by atoms with Crippen LogP contribution in [-0.2, 0) is 0 Å². The molecule has 5 aromatic carbocycles. The molecule has 3 heteroatoms. The zero-order valence-corrected chi connectivity index (χ0v) is 22.8. The van der Waals surface area contributed by atoms with Crippen LogP contribution in [0.1, 0.15) is 12.6 Å². The first-order valence-corrected chi connectivity index (χ1v) is 13.9. The maximum atomic E-state index is 5.02. The van der Waals surface area contributed by atoms with E-state index in [1.54, 1.807) is 0 Å². The average molecular weight is 526 g/mol. The lowest BCUT2D eigenvalue weighted by atomic mass is 10.1. The number of benzene rings is 5. The molecule has 8 aromatic rings. The Morgan fingerprint density at radius 3 is 1.63 bits per heavy atom. The molecular formula is C38H27N3. The third-order valence-corrected chi connectivity index (χ3v) is 8.06. The molecule has 0 saturated carbocycles. The van der Waals surface area contributed by atoms with Crippen molar-refractivity contribution in [3.8, 4) is 22.6 Å². The second-order valence-electron chi connectivity index (χ2n) is 10.6. The predicted molar refractivity (Wildman–Crippen MR) is 173 cm³/mol. The molecule has 194 valence electrons. The molecule has 0 aliphatic carbocycles. The van der Waals surface area contributed by atoms with Crippen molar-refractivity contribution in [3.63, 3.8) is 0 Å². The van der Waals surface area contributed by atoms with Gasteiger partial charge in [-0.15, -0.1) is 0 Å². The number of pyridine rings is 1. The Bertz CT molecular complexity index is 2270. The van der Waals surface area contributed by atoms with E-state index in [0.717, 1.165) is 39.4 Å². The second-order valence-corrected chi connectivity index (χ2v) is 10.6. The molecule has 0 aliphatic rings. The Hall–Kier alpha value is -5.41. The summed E-state index contributed by atoms with van der Waals surface area (Å²) < 4.78 is 4.84. The van der Waals surface area contributed by atoms with E-state index in [1.807, 2.05) is 13.0 Å². The molecule has 3 heterocycles. The lowest BCUT2D eigenvalue weighted by Gasteiger charge is -2.15. The minimum Gasteiger partial charge on any atom is -0.307 e. The van der Waals surface area contributed by atoms with E-state index in [0.29, 0.717) is 0 Å². The molecule has 3 nitrogen and oxygen atoms in total. The van der Waals surface area contributed by atoms with Crippen LogP contribution in [0.4, 0.5) is 0 Å². The summed E-state index contributed by atoms with van der Waals surface area (Å²) in [7, 11) is 0. The Morgan fingerprint density at radius 1 is 0.537 bits per heavy atom. The van der Waals surface area contributed by atoms with E-state index < -0.39 is 0 Å². The van der Waals surface area contributed by atoms with Crippen molar-refractivity contribution in [1.29, 1.82) is 0 Å². The van der Waals surface area contributed by atoms with Crippen LogP contribution < -0.4 is 0 Å². The van der Waals surface area contributed by atoms with Crippen LogP contribution in [-0.4, -0.2) is 14.1 Å². The number of hydrogen-bond acceptors (Lipinski definition) is 1. The van der Waals surface area contributed by atoms with Gasteiger partial charge in [0.1, 0.15) is 0 Å². The molecule has 41 heavy (non-hydrogen) atoms. The fourth-order valence-corrected chi connectivity index (χ4v) is 6.23. The van der Waals surface area contributed by atoms with Gasteiger partial charge in [0.15, 0.2) is 0 Å². The molecule has 0 saturated heterocycles. The van der Waals surface area contributed by atoms with Crippen LogP contribution in [0.2, 0.25) is 0 Å². The molecule has 0 aliphatic heterocycles. The van der Waals surface area contributed by atoms with E-state index in [-0.39, 0.29) is 0 Å². The van der Waals surface area contributed by atoms with Crippen molar-refractivity contribution in [3.05, 3.63) is 146 Å². The normalized spacial score (nSPS) is 11.6. The number of fused-ring (bicyclic) bond motifs is 7. The molecule has 0 fully saturated rings. The summed E-state index contributed by atoms with van der Waals surface area (Å²) in [5.74, 6) is 0.